The van der Waals surface area contributed by atoms with E-state index in [9.17, 15) is 9.18 Å². The minimum atomic E-state index is -1.10. The van der Waals surface area contributed by atoms with E-state index in [-0.39, 0.29) is 23.9 Å². The van der Waals surface area contributed by atoms with Crippen LogP contribution in [0, 0.1) is 11.6 Å². The zero-order chi connectivity index (χ0) is 28.1. The van der Waals surface area contributed by atoms with Crippen LogP contribution < -0.4 is 10.2 Å². The number of rotatable bonds is 6. The highest BCUT2D eigenvalue weighted by molar-refractivity contribution is 7.13. The molecule has 13 heteroatoms. The predicted octanol–water partition coefficient (Wildman–Crippen LogP) is 4.59. The number of benzene rings is 2. The van der Waals surface area contributed by atoms with E-state index in [4.69, 9.17) is 4.74 Å². The molecule has 2 aliphatic heterocycles. The standard InChI is InChI=1S/C28H24F3N7O2S/c29-17-12-23-24(33-15-37(23)13-17)26(27(39)34-28-32-4-9-41-28)38-14-19-21(31)10-16(11-22(19)35-38)18-2-1-3-20(30)25(18)36-5-7-40-8-6-36/h1-4,9-11,14-15,17,26H,5-8,12-13H2,(H,32,34,39). The molecule has 0 saturated carbocycles. The van der Waals surface area contributed by atoms with Gasteiger partial charge in [-0.3, -0.25) is 14.8 Å². The third kappa shape index (κ3) is 4.64. The van der Waals surface area contributed by atoms with Crippen LogP contribution in [0.2, 0.25) is 0 Å². The molecule has 3 aromatic heterocycles. The Hall–Kier alpha value is -4.23. The molecule has 0 aliphatic carbocycles. The van der Waals surface area contributed by atoms with Crippen LogP contribution in [0.4, 0.5) is 24.0 Å². The summed E-state index contributed by atoms with van der Waals surface area (Å²) >= 11 is 1.25. The molecule has 0 spiro atoms. The van der Waals surface area contributed by atoms with Gasteiger partial charge in [0.1, 0.15) is 17.8 Å². The van der Waals surface area contributed by atoms with Crippen molar-refractivity contribution < 1.29 is 22.7 Å². The Balaban J connectivity index is 1.32. The fraction of sp³-hybridized carbons (Fsp3) is 0.286. The lowest BCUT2D eigenvalue weighted by Gasteiger charge is -2.31. The average Bonchev–Trinajstić information content (AvgIpc) is 3.76. The van der Waals surface area contributed by atoms with Crippen molar-refractivity contribution in [3.05, 3.63) is 77.5 Å². The number of amides is 1. The van der Waals surface area contributed by atoms with Gasteiger partial charge in [0, 0.05) is 48.5 Å². The van der Waals surface area contributed by atoms with Crippen molar-refractivity contribution in [3.8, 4) is 11.1 Å². The van der Waals surface area contributed by atoms with Gasteiger partial charge in [-0.25, -0.2) is 23.1 Å². The van der Waals surface area contributed by atoms with Gasteiger partial charge >= 0.3 is 0 Å². The summed E-state index contributed by atoms with van der Waals surface area (Å²) < 4.78 is 53.5. The number of ether oxygens (including phenoxy) is 1. The quantitative estimate of drug-likeness (QED) is 0.317. The second-order valence-electron chi connectivity index (χ2n) is 9.99. The number of fused-ring (bicyclic) bond motifs is 2. The summed E-state index contributed by atoms with van der Waals surface area (Å²) in [6.07, 6.45) is 3.54. The van der Waals surface area contributed by atoms with E-state index in [2.05, 4.69) is 20.4 Å². The molecule has 0 radical (unpaired) electrons. The Kier molecular flexibility index (Phi) is 6.47. The normalized spacial score (nSPS) is 17.6. The minimum absolute atomic E-state index is 0.111. The molecule has 7 rings (SSSR count). The fourth-order valence-electron chi connectivity index (χ4n) is 5.59. The first-order valence-electron chi connectivity index (χ1n) is 13.1. The molecule has 1 N–H and O–H groups in total. The van der Waals surface area contributed by atoms with Gasteiger partial charge in [0.05, 0.1) is 48.4 Å². The first-order chi connectivity index (χ1) is 20.0. The number of hydrogen-bond donors (Lipinski definition) is 1. The molecule has 1 fully saturated rings. The molecular formula is C28H24F3N7O2S. The van der Waals surface area contributed by atoms with Crippen molar-refractivity contribution in [2.45, 2.75) is 25.2 Å². The summed E-state index contributed by atoms with van der Waals surface area (Å²) in [5.74, 6) is -1.47. The number of carbonyl (C=O) groups excluding carboxylic acids is 1. The Morgan fingerprint density at radius 1 is 1.15 bits per heavy atom. The van der Waals surface area contributed by atoms with Crippen molar-refractivity contribution in [1.82, 2.24) is 24.3 Å². The monoisotopic (exact) mass is 579 g/mol. The third-order valence-electron chi connectivity index (χ3n) is 7.44. The summed E-state index contributed by atoms with van der Waals surface area (Å²) in [5, 5.41) is 9.67. The number of anilines is 2. The van der Waals surface area contributed by atoms with Crippen molar-refractivity contribution >= 4 is 39.0 Å². The van der Waals surface area contributed by atoms with E-state index in [1.807, 2.05) is 4.90 Å². The van der Waals surface area contributed by atoms with Gasteiger partial charge in [-0.2, -0.15) is 5.10 Å². The molecule has 1 amide bonds. The van der Waals surface area contributed by atoms with Gasteiger partial charge in [0.15, 0.2) is 11.2 Å². The van der Waals surface area contributed by atoms with Gasteiger partial charge < -0.3 is 14.2 Å². The molecule has 5 heterocycles. The van der Waals surface area contributed by atoms with Crippen LogP contribution in [0.5, 0.6) is 0 Å². The lowest BCUT2D eigenvalue weighted by molar-refractivity contribution is -0.118. The first kappa shape index (κ1) is 25.7. The minimum Gasteiger partial charge on any atom is -0.378 e. The number of morpholine rings is 1. The number of nitrogens with one attached hydrogen (secondary N) is 1. The highest BCUT2D eigenvalue weighted by atomic mass is 32.1. The zero-order valence-electron chi connectivity index (χ0n) is 21.6. The number of aromatic nitrogens is 5. The fourth-order valence-corrected chi connectivity index (χ4v) is 6.12. The summed E-state index contributed by atoms with van der Waals surface area (Å²) in [6.45, 7) is 2.12. The molecule has 2 aliphatic rings. The Morgan fingerprint density at radius 2 is 2.00 bits per heavy atom. The summed E-state index contributed by atoms with van der Waals surface area (Å²) in [6, 6.07) is 6.64. The van der Waals surface area contributed by atoms with Crippen LogP contribution in [0.25, 0.3) is 22.0 Å². The molecule has 2 aromatic carbocycles. The lowest BCUT2D eigenvalue weighted by Crippen LogP contribution is -2.37. The number of nitrogens with zero attached hydrogens (tertiary/aromatic N) is 6. The van der Waals surface area contributed by atoms with Gasteiger partial charge in [-0.05, 0) is 23.8 Å². The summed E-state index contributed by atoms with van der Waals surface area (Å²) in [4.78, 5) is 24.1. The van der Waals surface area contributed by atoms with Crippen LogP contribution in [0.15, 0.2) is 54.4 Å². The number of thiazole rings is 1. The highest BCUT2D eigenvalue weighted by Crippen LogP contribution is 2.37. The third-order valence-corrected chi connectivity index (χ3v) is 8.13. The molecule has 41 heavy (non-hydrogen) atoms. The van der Waals surface area contributed by atoms with Crippen molar-refractivity contribution in [2.24, 2.45) is 0 Å². The second kappa shape index (κ2) is 10.3. The largest absolute Gasteiger partial charge is 0.378 e. The molecular weight excluding hydrogens is 555 g/mol. The topological polar surface area (TPSA) is 90.1 Å². The first-order valence-corrected chi connectivity index (χ1v) is 14.0. The number of hydrogen-bond acceptors (Lipinski definition) is 7. The van der Waals surface area contributed by atoms with Gasteiger partial charge in [0.2, 0.25) is 0 Å². The van der Waals surface area contributed by atoms with Crippen molar-refractivity contribution in [3.63, 3.8) is 0 Å². The highest BCUT2D eigenvalue weighted by Gasteiger charge is 2.34. The molecule has 9 nitrogen and oxygen atoms in total. The lowest BCUT2D eigenvalue weighted by atomic mass is 10.0. The van der Waals surface area contributed by atoms with E-state index in [0.717, 1.165) is 0 Å². The maximum atomic E-state index is 15.6. The number of alkyl halides is 1. The molecule has 210 valence electrons. The summed E-state index contributed by atoms with van der Waals surface area (Å²) in [7, 11) is 0. The van der Waals surface area contributed by atoms with E-state index >= 15 is 8.78 Å². The van der Waals surface area contributed by atoms with E-state index in [1.54, 1.807) is 34.3 Å². The summed E-state index contributed by atoms with van der Waals surface area (Å²) in [5.41, 5.74) is 2.57. The SMILES string of the molecule is O=C(Nc1nccs1)C(c1ncn2c1CC(F)C2)n1cc2c(F)cc(-c3cccc(F)c3N3CCOCC3)cc2n1. The van der Waals surface area contributed by atoms with Crippen LogP contribution in [0.3, 0.4) is 0 Å². The maximum absolute atomic E-state index is 15.6. The zero-order valence-corrected chi connectivity index (χ0v) is 22.5. The predicted molar refractivity (Wildman–Crippen MR) is 148 cm³/mol. The molecule has 1 saturated heterocycles. The number of carbonyl (C=O) groups is 1. The maximum Gasteiger partial charge on any atom is 0.257 e. The number of para-hydroxylation sites is 1. The van der Waals surface area contributed by atoms with Crippen molar-refractivity contribution in [2.75, 3.05) is 36.5 Å². The number of halogens is 3. The van der Waals surface area contributed by atoms with E-state index < -0.39 is 29.8 Å². The van der Waals surface area contributed by atoms with Gasteiger partial charge in [-0.1, -0.05) is 12.1 Å². The van der Waals surface area contributed by atoms with E-state index in [1.165, 1.54) is 40.7 Å². The van der Waals surface area contributed by atoms with Crippen molar-refractivity contribution in [1.29, 1.82) is 0 Å². The Morgan fingerprint density at radius 3 is 2.80 bits per heavy atom. The smallest absolute Gasteiger partial charge is 0.257 e. The van der Waals surface area contributed by atoms with Crippen LogP contribution in [-0.4, -0.2) is 62.7 Å². The van der Waals surface area contributed by atoms with Gasteiger partial charge in [-0.15, -0.1) is 11.3 Å². The molecule has 2 unspecified atom stereocenters. The van der Waals surface area contributed by atoms with Crippen LogP contribution in [0.1, 0.15) is 17.4 Å². The van der Waals surface area contributed by atoms with E-state index in [0.29, 0.717) is 59.6 Å². The molecule has 5 aromatic rings. The Labute approximate surface area is 236 Å². The Bertz CT molecular complexity index is 1750. The molecule has 2 atom stereocenters. The van der Waals surface area contributed by atoms with Crippen LogP contribution >= 0.6 is 11.3 Å². The average molecular weight is 580 g/mol. The van der Waals surface area contributed by atoms with Gasteiger partial charge in [0.25, 0.3) is 5.91 Å². The number of imidazole rings is 1. The van der Waals surface area contributed by atoms with Crippen LogP contribution in [-0.2, 0) is 22.5 Å². The molecule has 0 bridgehead atoms. The second-order valence-corrected chi connectivity index (χ2v) is 10.9.